The standard InChI is InChI=1S/C17H31N3OS2/c21-17(19-14-4-2-1-3-5-14)20-8-6-15(7-9-20)18-16-12-22-10-11-23-13-16/h14-16,18H,1-13H2,(H,19,21). The first-order valence-corrected chi connectivity index (χ1v) is 11.6. The van der Waals surface area contributed by atoms with Crippen LogP contribution in [0.1, 0.15) is 44.9 Å². The maximum absolute atomic E-state index is 12.4. The van der Waals surface area contributed by atoms with E-state index in [2.05, 4.69) is 34.2 Å². The number of hydrogen-bond donors (Lipinski definition) is 2. The summed E-state index contributed by atoms with van der Waals surface area (Å²) in [6.07, 6.45) is 8.42. The number of nitrogens with one attached hydrogen (secondary N) is 2. The molecule has 4 nitrogen and oxygen atoms in total. The Morgan fingerprint density at radius 2 is 1.48 bits per heavy atom. The van der Waals surface area contributed by atoms with Crippen LogP contribution in [-0.4, -0.2) is 65.2 Å². The molecule has 2 heterocycles. The van der Waals surface area contributed by atoms with Crippen LogP contribution in [0.15, 0.2) is 0 Å². The van der Waals surface area contributed by atoms with E-state index in [1.165, 1.54) is 55.1 Å². The Kier molecular flexibility index (Phi) is 7.27. The molecule has 1 saturated carbocycles. The summed E-state index contributed by atoms with van der Waals surface area (Å²) in [5.74, 6) is 5.08. The maximum atomic E-state index is 12.4. The van der Waals surface area contributed by atoms with E-state index in [-0.39, 0.29) is 6.03 Å². The third-order valence-corrected chi connectivity index (χ3v) is 7.72. The highest BCUT2D eigenvalue weighted by Gasteiger charge is 2.26. The van der Waals surface area contributed by atoms with Crippen LogP contribution in [0.25, 0.3) is 0 Å². The first-order chi connectivity index (χ1) is 11.3. The second-order valence-corrected chi connectivity index (χ2v) is 9.36. The van der Waals surface area contributed by atoms with Gasteiger partial charge in [-0.15, -0.1) is 0 Å². The molecule has 0 aromatic heterocycles. The second kappa shape index (κ2) is 9.42. The topological polar surface area (TPSA) is 44.4 Å². The molecule has 0 atom stereocenters. The Morgan fingerprint density at radius 1 is 0.826 bits per heavy atom. The van der Waals surface area contributed by atoms with Gasteiger partial charge in [-0.3, -0.25) is 0 Å². The van der Waals surface area contributed by atoms with Gasteiger partial charge in [0.15, 0.2) is 0 Å². The summed E-state index contributed by atoms with van der Waals surface area (Å²) in [6, 6.07) is 1.85. The Bertz CT molecular complexity index is 361. The lowest BCUT2D eigenvalue weighted by Gasteiger charge is -2.35. The molecule has 2 aliphatic heterocycles. The number of amides is 2. The van der Waals surface area contributed by atoms with Crippen molar-refractivity contribution in [1.29, 1.82) is 0 Å². The minimum atomic E-state index is 0.177. The molecular formula is C17H31N3OS2. The Balaban J connectivity index is 1.36. The van der Waals surface area contributed by atoms with Crippen molar-refractivity contribution in [2.24, 2.45) is 0 Å². The van der Waals surface area contributed by atoms with Gasteiger partial charge in [0.25, 0.3) is 0 Å². The third kappa shape index (κ3) is 5.75. The number of piperidine rings is 1. The molecule has 3 rings (SSSR count). The smallest absolute Gasteiger partial charge is 0.317 e. The highest BCUT2D eigenvalue weighted by molar-refractivity contribution is 8.03. The van der Waals surface area contributed by atoms with Gasteiger partial charge >= 0.3 is 6.03 Å². The fourth-order valence-corrected chi connectivity index (χ4v) is 6.23. The third-order valence-electron chi connectivity index (χ3n) is 5.20. The van der Waals surface area contributed by atoms with Crippen LogP contribution in [0.3, 0.4) is 0 Å². The largest absolute Gasteiger partial charge is 0.335 e. The predicted octanol–water partition coefficient (Wildman–Crippen LogP) is 2.93. The van der Waals surface area contributed by atoms with E-state index in [0.717, 1.165) is 25.9 Å². The highest BCUT2D eigenvalue weighted by atomic mass is 32.2. The first-order valence-electron chi connectivity index (χ1n) is 9.28. The predicted molar refractivity (Wildman–Crippen MR) is 102 cm³/mol. The van der Waals surface area contributed by atoms with Crippen LogP contribution >= 0.6 is 23.5 Å². The Morgan fingerprint density at radius 3 is 2.13 bits per heavy atom. The van der Waals surface area contributed by atoms with Crippen molar-refractivity contribution < 1.29 is 4.79 Å². The molecule has 3 fully saturated rings. The van der Waals surface area contributed by atoms with E-state index >= 15 is 0 Å². The molecule has 0 aromatic carbocycles. The minimum Gasteiger partial charge on any atom is -0.335 e. The summed E-state index contributed by atoms with van der Waals surface area (Å²) in [7, 11) is 0. The molecule has 132 valence electrons. The summed E-state index contributed by atoms with van der Waals surface area (Å²) >= 11 is 4.16. The fraction of sp³-hybridized carbons (Fsp3) is 0.941. The molecule has 0 bridgehead atoms. The van der Waals surface area contributed by atoms with Crippen LogP contribution in [0.5, 0.6) is 0 Å². The number of thioether (sulfide) groups is 2. The van der Waals surface area contributed by atoms with Crippen molar-refractivity contribution in [3.63, 3.8) is 0 Å². The van der Waals surface area contributed by atoms with Crippen molar-refractivity contribution in [3.05, 3.63) is 0 Å². The number of carbonyl (C=O) groups is 1. The monoisotopic (exact) mass is 357 g/mol. The summed E-state index contributed by atoms with van der Waals surface area (Å²) < 4.78 is 0. The number of rotatable bonds is 3. The molecule has 1 aliphatic carbocycles. The molecule has 23 heavy (non-hydrogen) atoms. The lowest BCUT2D eigenvalue weighted by atomic mass is 9.95. The number of nitrogens with zero attached hydrogens (tertiary/aromatic N) is 1. The summed E-state index contributed by atoms with van der Waals surface area (Å²) in [5, 5.41) is 7.09. The van der Waals surface area contributed by atoms with E-state index in [4.69, 9.17) is 0 Å². The number of carbonyl (C=O) groups excluding carboxylic acids is 1. The summed E-state index contributed by atoms with van der Waals surface area (Å²) in [4.78, 5) is 14.4. The average Bonchev–Trinajstić information content (AvgIpc) is 2.85. The molecule has 0 radical (unpaired) electrons. The van der Waals surface area contributed by atoms with Crippen molar-refractivity contribution >= 4 is 29.6 Å². The van der Waals surface area contributed by atoms with Crippen molar-refractivity contribution in [2.45, 2.75) is 63.1 Å². The molecule has 6 heteroatoms. The Labute approximate surface area is 149 Å². The van der Waals surface area contributed by atoms with Gasteiger partial charge in [0.05, 0.1) is 0 Å². The SMILES string of the molecule is O=C(NC1CCCCC1)N1CCC(NC2CSCCSC2)CC1. The Hall–Kier alpha value is -0.0700. The highest BCUT2D eigenvalue weighted by Crippen LogP contribution is 2.20. The van der Waals surface area contributed by atoms with Crippen molar-refractivity contribution in [1.82, 2.24) is 15.5 Å². The molecule has 2 amide bonds. The molecule has 0 unspecified atom stereocenters. The van der Waals surface area contributed by atoms with E-state index in [0.29, 0.717) is 18.1 Å². The summed E-state index contributed by atoms with van der Waals surface area (Å²) in [6.45, 7) is 1.81. The quantitative estimate of drug-likeness (QED) is 0.815. The average molecular weight is 358 g/mol. The van der Waals surface area contributed by atoms with Crippen LogP contribution in [0, 0.1) is 0 Å². The second-order valence-electron chi connectivity index (χ2n) is 7.06. The van der Waals surface area contributed by atoms with Crippen LogP contribution < -0.4 is 10.6 Å². The van der Waals surface area contributed by atoms with Gasteiger partial charge in [-0.05, 0) is 25.7 Å². The van der Waals surface area contributed by atoms with Gasteiger partial charge in [0, 0.05) is 54.2 Å². The normalized spacial score (nSPS) is 26.0. The van der Waals surface area contributed by atoms with E-state index in [1.807, 2.05) is 4.90 Å². The lowest BCUT2D eigenvalue weighted by molar-refractivity contribution is 0.169. The zero-order valence-electron chi connectivity index (χ0n) is 14.1. The van der Waals surface area contributed by atoms with Crippen molar-refractivity contribution in [3.8, 4) is 0 Å². The van der Waals surface area contributed by atoms with Gasteiger partial charge < -0.3 is 15.5 Å². The molecule has 0 spiro atoms. The zero-order chi connectivity index (χ0) is 15.9. The summed E-state index contributed by atoms with van der Waals surface area (Å²) in [5.41, 5.74) is 0. The van der Waals surface area contributed by atoms with Crippen LogP contribution in [0.2, 0.25) is 0 Å². The number of likely N-dealkylation sites (tertiary alicyclic amines) is 1. The molecular weight excluding hydrogens is 326 g/mol. The van der Waals surface area contributed by atoms with E-state index < -0.39 is 0 Å². The zero-order valence-corrected chi connectivity index (χ0v) is 15.7. The number of hydrogen-bond acceptors (Lipinski definition) is 4. The number of urea groups is 1. The minimum absolute atomic E-state index is 0.177. The van der Waals surface area contributed by atoms with Crippen molar-refractivity contribution in [2.75, 3.05) is 36.1 Å². The molecule has 0 aromatic rings. The van der Waals surface area contributed by atoms with Crippen LogP contribution in [-0.2, 0) is 0 Å². The molecule has 2 saturated heterocycles. The molecule has 3 aliphatic rings. The fourth-order valence-electron chi connectivity index (χ4n) is 3.81. The lowest BCUT2D eigenvalue weighted by Crippen LogP contribution is -2.52. The van der Waals surface area contributed by atoms with E-state index in [1.54, 1.807) is 0 Å². The molecule has 2 N–H and O–H groups in total. The van der Waals surface area contributed by atoms with Gasteiger partial charge in [0.1, 0.15) is 0 Å². The van der Waals surface area contributed by atoms with Gasteiger partial charge in [-0.25, -0.2) is 4.79 Å². The van der Waals surface area contributed by atoms with Gasteiger partial charge in [-0.2, -0.15) is 23.5 Å². The van der Waals surface area contributed by atoms with E-state index in [9.17, 15) is 4.79 Å². The van der Waals surface area contributed by atoms with Gasteiger partial charge in [-0.1, -0.05) is 19.3 Å². The van der Waals surface area contributed by atoms with Gasteiger partial charge in [0.2, 0.25) is 0 Å². The van der Waals surface area contributed by atoms with Crippen LogP contribution in [0.4, 0.5) is 4.79 Å². The first kappa shape index (κ1) is 17.7. The maximum Gasteiger partial charge on any atom is 0.317 e.